The van der Waals surface area contributed by atoms with Crippen LogP contribution in [0.25, 0.3) is 0 Å². The van der Waals surface area contributed by atoms with Gasteiger partial charge < -0.3 is 15.4 Å². The third kappa shape index (κ3) is 6.15. The Morgan fingerprint density at radius 3 is 2.52 bits per heavy atom. The Morgan fingerprint density at radius 2 is 1.91 bits per heavy atom. The van der Waals surface area contributed by atoms with E-state index >= 15 is 0 Å². The van der Waals surface area contributed by atoms with Crippen molar-refractivity contribution in [3.8, 4) is 0 Å². The van der Waals surface area contributed by atoms with Crippen LogP contribution >= 0.6 is 0 Å². The van der Waals surface area contributed by atoms with E-state index in [1.54, 1.807) is 12.1 Å². The molecule has 1 heterocycles. The Kier molecular flexibility index (Phi) is 6.80. The van der Waals surface area contributed by atoms with Crippen molar-refractivity contribution in [2.24, 2.45) is 5.92 Å². The minimum Gasteiger partial charge on any atom is -0.379 e. The lowest BCUT2D eigenvalue weighted by molar-refractivity contribution is 0.0130. The van der Waals surface area contributed by atoms with Crippen molar-refractivity contribution in [1.82, 2.24) is 10.2 Å². The number of carbonyl (C=O) groups is 1. The fraction of sp³-hybridized carbons (Fsp3) is 0.588. The highest BCUT2D eigenvalue weighted by Gasteiger charge is 2.22. The summed E-state index contributed by atoms with van der Waals surface area (Å²) < 4.78 is 18.3. The molecule has 5 nitrogen and oxygen atoms in total. The summed E-state index contributed by atoms with van der Waals surface area (Å²) in [6, 6.07) is 5.78. The van der Waals surface area contributed by atoms with Gasteiger partial charge in [-0.1, -0.05) is 13.8 Å². The molecule has 0 aliphatic carbocycles. The predicted octanol–water partition coefficient (Wildman–Crippen LogP) is 2.69. The third-order valence-corrected chi connectivity index (χ3v) is 3.91. The molecule has 0 saturated carbocycles. The van der Waals surface area contributed by atoms with Gasteiger partial charge in [0.1, 0.15) is 5.82 Å². The quantitative estimate of drug-likeness (QED) is 0.846. The molecule has 0 aromatic heterocycles. The number of hydrogen-bond donors (Lipinski definition) is 2. The lowest BCUT2D eigenvalue weighted by atomic mass is 10.0. The fourth-order valence-corrected chi connectivity index (χ4v) is 2.77. The summed E-state index contributed by atoms with van der Waals surface area (Å²) in [6.45, 7) is 8.26. The average Bonchev–Trinajstić information content (AvgIpc) is 2.54. The minimum atomic E-state index is -0.319. The number of anilines is 1. The van der Waals surface area contributed by atoms with E-state index in [0.29, 0.717) is 24.2 Å². The molecular weight excluding hydrogens is 297 g/mol. The van der Waals surface area contributed by atoms with Crippen LogP contribution in [-0.2, 0) is 4.74 Å². The maximum atomic E-state index is 12.9. The number of nitrogens with zero attached hydrogens (tertiary/aromatic N) is 1. The smallest absolute Gasteiger partial charge is 0.319 e. The van der Waals surface area contributed by atoms with Crippen molar-refractivity contribution >= 4 is 11.7 Å². The van der Waals surface area contributed by atoms with Gasteiger partial charge in [0.2, 0.25) is 0 Å². The predicted molar refractivity (Wildman–Crippen MR) is 89.1 cm³/mol. The molecule has 1 atom stereocenters. The van der Waals surface area contributed by atoms with Gasteiger partial charge in [0, 0.05) is 31.4 Å². The number of amides is 2. The molecule has 1 fully saturated rings. The first kappa shape index (κ1) is 17.7. The van der Waals surface area contributed by atoms with E-state index in [4.69, 9.17) is 4.74 Å². The summed E-state index contributed by atoms with van der Waals surface area (Å²) in [4.78, 5) is 14.4. The van der Waals surface area contributed by atoms with E-state index in [0.717, 1.165) is 32.7 Å². The van der Waals surface area contributed by atoms with Crippen LogP contribution in [0.1, 0.15) is 20.3 Å². The SMILES string of the molecule is CC(C)CC(CNC(=O)Nc1ccc(F)cc1)N1CCOCC1. The van der Waals surface area contributed by atoms with Crippen LogP contribution in [-0.4, -0.2) is 49.8 Å². The van der Waals surface area contributed by atoms with Crippen LogP contribution in [0.4, 0.5) is 14.9 Å². The summed E-state index contributed by atoms with van der Waals surface area (Å²) in [6.07, 6.45) is 1.02. The number of nitrogens with one attached hydrogen (secondary N) is 2. The Labute approximate surface area is 137 Å². The zero-order valence-corrected chi connectivity index (χ0v) is 13.8. The first-order valence-corrected chi connectivity index (χ1v) is 8.17. The van der Waals surface area contributed by atoms with Crippen molar-refractivity contribution in [1.29, 1.82) is 0 Å². The number of halogens is 1. The first-order valence-electron chi connectivity index (χ1n) is 8.17. The van der Waals surface area contributed by atoms with Gasteiger partial charge in [0.25, 0.3) is 0 Å². The molecule has 1 aromatic carbocycles. The Hall–Kier alpha value is -1.66. The summed E-state index contributed by atoms with van der Waals surface area (Å²) in [7, 11) is 0. The van der Waals surface area contributed by atoms with Crippen molar-refractivity contribution in [3.05, 3.63) is 30.1 Å². The molecule has 2 rings (SSSR count). The van der Waals surface area contributed by atoms with Crippen LogP contribution in [0.5, 0.6) is 0 Å². The molecular formula is C17H26FN3O2. The normalized spacial score (nSPS) is 17.0. The maximum Gasteiger partial charge on any atom is 0.319 e. The van der Waals surface area contributed by atoms with Gasteiger partial charge in [0.05, 0.1) is 13.2 Å². The topological polar surface area (TPSA) is 53.6 Å². The first-order chi connectivity index (χ1) is 11.0. The fourth-order valence-electron chi connectivity index (χ4n) is 2.77. The average molecular weight is 323 g/mol. The van der Waals surface area contributed by atoms with Gasteiger partial charge in [0.15, 0.2) is 0 Å². The van der Waals surface area contributed by atoms with Crippen LogP contribution in [0, 0.1) is 11.7 Å². The van der Waals surface area contributed by atoms with E-state index < -0.39 is 0 Å². The van der Waals surface area contributed by atoms with Gasteiger partial charge in [-0.2, -0.15) is 0 Å². The molecule has 1 saturated heterocycles. The highest BCUT2D eigenvalue weighted by Crippen LogP contribution is 2.13. The van der Waals surface area contributed by atoms with Crippen molar-refractivity contribution < 1.29 is 13.9 Å². The number of benzene rings is 1. The summed E-state index contributed by atoms with van der Waals surface area (Å²) in [5, 5.41) is 5.64. The van der Waals surface area contributed by atoms with Gasteiger partial charge in [-0.3, -0.25) is 4.90 Å². The molecule has 2 amide bonds. The molecule has 1 unspecified atom stereocenters. The largest absolute Gasteiger partial charge is 0.379 e. The van der Waals surface area contributed by atoms with Gasteiger partial charge in [-0.25, -0.2) is 9.18 Å². The van der Waals surface area contributed by atoms with Gasteiger partial charge in [-0.05, 0) is 36.6 Å². The molecule has 1 aromatic rings. The molecule has 0 spiro atoms. The van der Waals surface area contributed by atoms with Gasteiger partial charge >= 0.3 is 6.03 Å². The third-order valence-electron chi connectivity index (χ3n) is 3.91. The second kappa shape index (κ2) is 8.84. The summed E-state index contributed by atoms with van der Waals surface area (Å²) in [5.41, 5.74) is 0.579. The van der Waals surface area contributed by atoms with E-state index in [9.17, 15) is 9.18 Å². The summed E-state index contributed by atoms with van der Waals surface area (Å²) >= 11 is 0. The monoisotopic (exact) mass is 323 g/mol. The highest BCUT2D eigenvalue weighted by molar-refractivity contribution is 5.89. The number of morpholine rings is 1. The van der Waals surface area contributed by atoms with Gasteiger partial charge in [-0.15, -0.1) is 0 Å². The second-order valence-corrected chi connectivity index (χ2v) is 6.27. The standard InChI is InChI=1S/C17H26FN3O2/c1-13(2)11-16(21-7-9-23-10-8-21)12-19-17(22)20-15-5-3-14(18)4-6-15/h3-6,13,16H,7-12H2,1-2H3,(H2,19,20,22). The molecule has 0 bridgehead atoms. The van der Waals surface area contributed by atoms with Crippen LogP contribution in [0.15, 0.2) is 24.3 Å². The minimum absolute atomic E-state index is 0.265. The second-order valence-electron chi connectivity index (χ2n) is 6.27. The van der Waals surface area contributed by atoms with Crippen LogP contribution in [0.3, 0.4) is 0 Å². The Balaban J connectivity index is 1.83. The van der Waals surface area contributed by atoms with Crippen LogP contribution in [0.2, 0.25) is 0 Å². The number of urea groups is 1. The Bertz CT molecular complexity index is 487. The molecule has 2 N–H and O–H groups in total. The Morgan fingerprint density at radius 1 is 1.26 bits per heavy atom. The van der Waals surface area contributed by atoms with Crippen molar-refractivity contribution in [3.63, 3.8) is 0 Å². The molecule has 6 heteroatoms. The number of hydrogen-bond acceptors (Lipinski definition) is 3. The van der Waals surface area contributed by atoms with E-state index in [1.807, 2.05) is 0 Å². The van der Waals surface area contributed by atoms with Crippen LogP contribution < -0.4 is 10.6 Å². The number of ether oxygens (including phenoxy) is 1. The zero-order valence-electron chi connectivity index (χ0n) is 13.8. The molecule has 128 valence electrons. The highest BCUT2D eigenvalue weighted by atomic mass is 19.1. The van der Waals surface area contributed by atoms with E-state index in [1.165, 1.54) is 12.1 Å². The molecule has 1 aliphatic heterocycles. The summed E-state index contributed by atoms with van der Waals surface area (Å²) in [5.74, 6) is 0.241. The van der Waals surface area contributed by atoms with Crippen molar-refractivity contribution in [2.45, 2.75) is 26.3 Å². The number of carbonyl (C=O) groups excluding carboxylic acids is 1. The van der Waals surface area contributed by atoms with E-state index in [-0.39, 0.29) is 11.8 Å². The number of rotatable bonds is 6. The molecule has 1 aliphatic rings. The van der Waals surface area contributed by atoms with E-state index in [2.05, 4.69) is 29.4 Å². The maximum absolute atomic E-state index is 12.9. The van der Waals surface area contributed by atoms with Crippen molar-refractivity contribution in [2.75, 3.05) is 38.2 Å². The zero-order chi connectivity index (χ0) is 16.7. The lowest BCUT2D eigenvalue weighted by Crippen LogP contribution is -2.49. The lowest BCUT2D eigenvalue weighted by Gasteiger charge is -2.35. The molecule has 23 heavy (non-hydrogen) atoms. The molecule has 0 radical (unpaired) electrons.